The molecule has 9 heteroatoms. The summed E-state index contributed by atoms with van der Waals surface area (Å²) in [6, 6.07) is 9.29. The average molecular weight is 399 g/mol. The van der Waals surface area contributed by atoms with Crippen molar-refractivity contribution in [3.05, 3.63) is 36.0 Å². The van der Waals surface area contributed by atoms with Crippen LogP contribution in [0.3, 0.4) is 0 Å². The van der Waals surface area contributed by atoms with Crippen LogP contribution in [-0.2, 0) is 9.53 Å². The number of ether oxygens (including phenoxy) is 3. The van der Waals surface area contributed by atoms with Crippen molar-refractivity contribution in [3.63, 3.8) is 0 Å². The van der Waals surface area contributed by atoms with Crippen molar-refractivity contribution in [1.82, 2.24) is 15.3 Å². The molecule has 0 saturated carbocycles. The maximum Gasteiger partial charge on any atom is 0.264 e. The molecule has 1 atom stereocenters. The molecule has 1 aromatic heterocycles. The Morgan fingerprint density at radius 3 is 2.79 bits per heavy atom. The third kappa shape index (κ3) is 4.86. The topological polar surface area (TPSA) is 97.8 Å². The highest BCUT2D eigenvalue weighted by Crippen LogP contribution is 2.30. The van der Waals surface area contributed by atoms with E-state index in [9.17, 15) is 4.79 Å². The smallest absolute Gasteiger partial charge is 0.264 e. The number of morpholine rings is 1. The van der Waals surface area contributed by atoms with Gasteiger partial charge in [-0.25, -0.2) is 4.98 Å². The van der Waals surface area contributed by atoms with Gasteiger partial charge in [-0.05, 0) is 19.1 Å². The quantitative estimate of drug-likeness (QED) is 0.694. The predicted octanol–water partition coefficient (Wildman–Crippen LogP) is 0.990. The third-order valence-corrected chi connectivity index (χ3v) is 4.68. The molecule has 0 spiro atoms. The lowest BCUT2D eigenvalue weighted by molar-refractivity contribution is -0.130. The van der Waals surface area contributed by atoms with Crippen LogP contribution >= 0.6 is 0 Å². The standard InChI is InChI=1S/C20H25N5O4/c1-14-12-18(25-8-10-27-11-9-25)24-20(23-14)22-7-6-21-19(26)17-13-28-15-4-2-3-5-16(15)29-17/h2-5,12,17H,6-11,13H2,1H3,(H,21,26)(H,22,23,24). The largest absolute Gasteiger partial charge is 0.485 e. The van der Waals surface area contributed by atoms with Gasteiger partial charge < -0.3 is 29.7 Å². The summed E-state index contributed by atoms with van der Waals surface area (Å²) < 4.78 is 16.7. The molecule has 1 amide bonds. The van der Waals surface area contributed by atoms with Crippen LogP contribution in [0.5, 0.6) is 11.5 Å². The van der Waals surface area contributed by atoms with Gasteiger partial charge in [0.15, 0.2) is 11.5 Å². The lowest BCUT2D eigenvalue weighted by Crippen LogP contribution is -2.45. The number of carbonyl (C=O) groups excluding carboxylic acids is 1. The Labute approximate surface area is 169 Å². The molecule has 29 heavy (non-hydrogen) atoms. The summed E-state index contributed by atoms with van der Waals surface area (Å²) in [6.45, 7) is 6.10. The molecule has 2 aromatic rings. The Morgan fingerprint density at radius 1 is 1.17 bits per heavy atom. The molecular weight excluding hydrogens is 374 g/mol. The van der Waals surface area contributed by atoms with E-state index in [4.69, 9.17) is 14.2 Å². The van der Waals surface area contributed by atoms with Gasteiger partial charge >= 0.3 is 0 Å². The number of nitrogens with one attached hydrogen (secondary N) is 2. The monoisotopic (exact) mass is 399 g/mol. The third-order valence-electron chi connectivity index (χ3n) is 4.68. The van der Waals surface area contributed by atoms with Crippen LogP contribution in [0, 0.1) is 6.92 Å². The second-order valence-corrected chi connectivity index (χ2v) is 6.87. The highest BCUT2D eigenvalue weighted by molar-refractivity contribution is 5.81. The first-order chi connectivity index (χ1) is 14.2. The zero-order chi connectivity index (χ0) is 20.1. The van der Waals surface area contributed by atoms with Gasteiger partial charge in [-0.15, -0.1) is 0 Å². The van der Waals surface area contributed by atoms with E-state index >= 15 is 0 Å². The van der Waals surface area contributed by atoms with Crippen LogP contribution in [0.25, 0.3) is 0 Å². The van der Waals surface area contributed by atoms with E-state index in [1.807, 2.05) is 31.2 Å². The van der Waals surface area contributed by atoms with Crippen LogP contribution < -0.4 is 25.0 Å². The van der Waals surface area contributed by atoms with Crippen molar-refractivity contribution in [2.45, 2.75) is 13.0 Å². The van der Waals surface area contributed by atoms with Gasteiger partial charge in [-0.2, -0.15) is 4.98 Å². The number of rotatable bonds is 6. The maximum atomic E-state index is 12.3. The Hall–Kier alpha value is -3.07. The number of carbonyl (C=O) groups is 1. The van der Waals surface area contributed by atoms with E-state index in [2.05, 4.69) is 25.5 Å². The summed E-state index contributed by atoms with van der Waals surface area (Å²) in [7, 11) is 0. The van der Waals surface area contributed by atoms with E-state index in [-0.39, 0.29) is 12.5 Å². The number of para-hydroxylation sites is 2. The second-order valence-electron chi connectivity index (χ2n) is 6.87. The van der Waals surface area contributed by atoms with Gasteiger partial charge in [0.1, 0.15) is 12.4 Å². The Bertz CT molecular complexity index is 857. The Morgan fingerprint density at radius 2 is 1.97 bits per heavy atom. The highest BCUT2D eigenvalue weighted by atomic mass is 16.6. The van der Waals surface area contributed by atoms with Crippen LogP contribution in [0.1, 0.15) is 5.69 Å². The van der Waals surface area contributed by atoms with Crippen molar-refractivity contribution in [1.29, 1.82) is 0 Å². The minimum Gasteiger partial charge on any atom is -0.485 e. The maximum absolute atomic E-state index is 12.3. The Kier molecular flexibility index (Phi) is 5.95. The molecule has 0 radical (unpaired) electrons. The lowest BCUT2D eigenvalue weighted by Gasteiger charge is -2.28. The number of anilines is 2. The van der Waals surface area contributed by atoms with Gasteiger partial charge in [0.25, 0.3) is 5.91 Å². The SMILES string of the molecule is Cc1cc(N2CCOCC2)nc(NCCNC(=O)C2COc3ccccc3O2)n1. The molecule has 4 rings (SSSR count). The molecule has 1 saturated heterocycles. The highest BCUT2D eigenvalue weighted by Gasteiger charge is 2.26. The van der Waals surface area contributed by atoms with Crippen molar-refractivity contribution in [2.75, 3.05) is 56.2 Å². The molecule has 1 fully saturated rings. The fraction of sp³-hybridized carbons (Fsp3) is 0.450. The van der Waals surface area contributed by atoms with E-state index < -0.39 is 6.10 Å². The number of hydrogen-bond donors (Lipinski definition) is 2. The summed E-state index contributed by atoms with van der Waals surface area (Å²) >= 11 is 0. The van der Waals surface area contributed by atoms with Gasteiger partial charge in [0.2, 0.25) is 12.1 Å². The molecule has 3 heterocycles. The van der Waals surface area contributed by atoms with Crippen molar-refractivity contribution < 1.29 is 19.0 Å². The predicted molar refractivity (Wildman–Crippen MR) is 108 cm³/mol. The first kappa shape index (κ1) is 19.3. The molecule has 2 N–H and O–H groups in total. The average Bonchev–Trinajstić information content (AvgIpc) is 2.76. The Balaban J connectivity index is 1.25. The minimum atomic E-state index is -0.659. The molecule has 1 unspecified atom stereocenters. The van der Waals surface area contributed by atoms with Crippen LogP contribution in [0.4, 0.5) is 11.8 Å². The van der Waals surface area contributed by atoms with Crippen LogP contribution in [0.2, 0.25) is 0 Å². The molecule has 0 bridgehead atoms. The summed E-state index contributed by atoms with van der Waals surface area (Å²) in [6.07, 6.45) is -0.659. The molecule has 2 aliphatic rings. The lowest BCUT2D eigenvalue weighted by atomic mass is 10.2. The van der Waals surface area contributed by atoms with E-state index in [0.29, 0.717) is 43.8 Å². The number of benzene rings is 1. The van der Waals surface area contributed by atoms with Gasteiger partial charge in [-0.1, -0.05) is 12.1 Å². The summed E-state index contributed by atoms with van der Waals surface area (Å²) in [4.78, 5) is 23.5. The van der Waals surface area contributed by atoms with Gasteiger partial charge in [0, 0.05) is 37.9 Å². The zero-order valence-corrected chi connectivity index (χ0v) is 16.4. The number of fused-ring (bicyclic) bond motifs is 1. The second kappa shape index (κ2) is 8.95. The molecule has 154 valence electrons. The summed E-state index contributed by atoms with van der Waals surface area (Å²) in [5.74, 6) is 2.47. The fourth-order valence-corrected chi connectivity index (χ4v) is 3.21. The van der Waals surface area contributed by atoms with E-state index in [1.165, 1.54) is 0 Å². The van der Waals surface area contributed by atoms with E-state index in [0.717, 1.165) is 24.6 Å². The fourth-order valence-electron chi connectivity index (χ4n) is 3.21. The molecular formula is C20H25N5O4. The minimum absolute atomic E-state index is 0.195. The summed E-state index contributed by atoms with van der Waals surface area (Å²) in [5, 5.41) is 6.03. The number of hydrogen-bond acceptors (Lipinski definition) is 8. The molecule has 2 aliphatic heterocycles. The molecule has 0 aliphatic carbocycles. The van der Waals surface area contributed by atoms with Crippen molar-refractivity contribution >= 4 is 17.7 Å². The summed E-state index contributed by atoms with van der Waals surface area (Å²) in [5.41, 5.74) is 0.888. The number of aromatic nitrogens is 2. The molecule has 1 aromatic carbocycles. The van der Waals surface area contributed by atoms with Crippen LogP contribution in [-0.4, -0.2) is 68.0 Å². The van der Waals surface area contributed by atoms with Crippen molar-refractivity contribution in [3.8, 4) is 11.5 Å². The van der Waals surface area contributed by atoms with E-state index in [1.54, 1.807) is 6.07 Å². The first-order valence-electron chi connectivity index (χ1n) is 9.77. The number of nitrogens with zero attached hydrogens (tertiary/aromatic N) is 3. The number of amides is 1. The molecule has 9 nitrogen and oxygen atoms in total. The first-order valence-corrected chi connectivity index (χ1v) is 9.77. The van der Waals surface area contributed by atoms with Crippen LogP contribution in [0.15, 0.2) is 30.3 Å². The number of aryl methyl sites for hydroxylation is 1. The van der Waals surface area contributed by atoms with Crippen molar-refractivity contribution in [2.24, 2.45) is 0 Å². The van der Waals surface area contributed by atoms with Gasteiger partial charge in [-0.3, -0.25) is 4.79 Å². The van der Waals surface area contributed by atoms with Gasteiger partial charge in [0.05, 0.1) is 13.2 Å². The normalized spacial score (nSPS) is 18.2. The zero-order valence-electron chi connectivity index (χ0n) is 16.4.